The van der Waals surface area contributed by atoms with Gasteiger partial charge in [-0.3, -0.25) is 4.90 Å². The number of halogens is 3. The van der Waals surface area contributed by atoms with Crippen LogP contribution in [-0.4, -0.2) is 43.5 Å². The van der Waals surface area contributed by atoms with Crippen LogP contribution < -0.4 is 0 Å². The van der Waals surface area contributed by atoms with Crippen LogP contribution in [-0.2, 0) is 6.54 Å². The summed E-state index contributed by atoms with van der Waals surface area (Å²) in [7, 11) is 4.04. The number of hydrogen-bond donors (Lipinski definition) is 0. The quantitative estimate of drug-likeness (QED) is 0.704. The Hall–Kier alpha value is -0.520. The first-order valence-electron chi connectivity index (χ1n) is 6.45. The van der Waals surface area contributed by atoms with Gasteiger partial charge in [-0.1, -0.05) is 6.92 Å². The molecule has 0 saturated heterocycles. The summed E-state index contributed by atoms with van der Waals surface area (Å²) in [5.74, 6) is -0.974. The van der Waals surface area contributed by atoms with E-state index in [1.807, 2.05) is 21.0 Å². The Bertz CT molecular complexity index is 411. The van der Waals surface area contributed by atoms with Crippen molar-refractivity contribution in [2.75, 3.05) is 33.7 Å². The number of rotatable bonds is 7. The van der Waals surface area contributed by atoms with Crippen molar-refractivity contribution in [3.63, 3.8) is 0 Å². The first-order chi connectivity index (χ1) is 8.95. The van der Waals surface area contributed by atoms with Crippen molar-refractivity contribution in [1.29, 1.82) is 0 Å². The molecule has 0 aliphatic rings. The van der Waals surface area contributed by atoms with Gasteiger partial charge in [0.05, 0.1) is 4.47 Å². The van der Waals surface area contributed by atoms with E-state index in [2.05, 4.69) is 25.7 Å². The maximum absolute atomic E-state index is 13.9. The highest BCUT2D eigenvalue weighted by Crippen LogP contribution is 2.22. The van der Waals surface area contributed by atoms with Crippen LogP contribution in [0.25, 0.3) is 0 Å². The lowest BCUT2D eigenvalue weighted by atomic mass is 10.1. The molecule has 0 saturated carbocycles. The molecule has 1 rings (SSSR count). The summed E-state index contributed by atoms with van der Waals surface area (Å²) in [5.41, 5.74) is 0.140. The van der Waals surface area contributed by atoms with Gasteiger partial charge in [0, 0.05) is 12.1 Å². The van der Waals surface area contributed by atoms with E-state index in [1.54, 1.807) is 0 Å². The third-order valence-electron chi connectivity index (χ3n) is 3.05. The minimum atomic E-state index is -0.494. The molecule has 0 heterocycles. The lowest BCUT2D eigenvalue weighted by Gasteiger charge is -2.22. The van der Waals surface area contributed by atoms with Crippen molar-refractivity contribution in [2.45, 2.75) is 19.9 Å². The molecule has 5 heteroatoms. The molecule has 0 bridgehead atoms. The van der Waals surface area contributed by atoms with Crippen molar-refractivity contribution >= 4 is 15.9 Å². The summed E-state index contributed by atoms with van der Waals surface area (Å²) in [6, 6.07) is 2.70. The van der Waals surface area contributed by atoms with E-state index in [0.717, 1.165) is 26.1 Å². The van der Waals surface area contributed by atoms with Gasteiger partial charge in [0.2, 0.25) is 0 Å². The third-order valence-corrected chi connectivity index (χ3v) is 3.66. The van der Waals surface area contributed by atoms with Gasteiger partial charge in [0.25, 0.3) is 0 Å². The second-order valence-corrected chi connectivity index (χ2v) is 5.70. The average molecular weight is 335 g/mol. The second kappa shape index (κ2) is 7.92. The molecule has 19 heavy (non-hydrogen) atoms. The topological polar surface area (TPSA) is 6.48 Å². The summed E-state index contributed by atoms with van der Waals surface area (Å²) < 4.78 is 27.9. The summed E-state index contributed by atoms with van der Waals surface area (Å²) in [6.45, 7) is 4.89. The first-order valence-corrected chi connectivity index (χ1v) is 7.24. The Morgan fingerprint density at radius 3 is 2.42 bits per heavy atom. The van der Waals surface area contributed by atoms with Crippen LogP contribution in [0, 0.1) is 11.6 Å². The Balaban J connectivity index is 2.68. The highest BCUT2D eigenvalue weighted by Gasteiger charge is 2.15. The molecule has 2 nitrogen and oxygen atoms in total. The predicted molar refractivity (Wildman–Crippen MR) is 78.2 cm³/mol. The molecule has 0 spiro atoms. The molecule has 0 aliphatic carbocycles. The van der Waals surface area contributed by atoms with E-state index in [4.69, 9.17) is 0 Å². The molecular weight excluding hydrogens is 314 g/mol. The van der Waals surface area contributed by atoms with Crippen molar-refractivity contribution in [3.8, 4) is 0 Å². The predicted octanol–water partition coefficient (Wildman–Crippen LogP) is 3.50. The van der Waals surface area contributed by atoms with Gasteiger partial charge in [0.15, 0.2) is 0 Å². The summed E-state index contributed by atoms with van der Waals surface area (Å²) in [6.07, 6.45) is 0.984. The van der Waals surface area contributed by atoms with Gasteiger partial charge in [-0.2, -0.15) is 0 Å². The molecule has 1 aromatic carbocycles. The van der Waals surface area contributed by atoms with Crippen molar-refractivity contribution in [1.82, 2.24) is 9.80 Å². The fourth-order valence-corrected chi connectivity index (χ4v) is 2.27. The lowest BCUT2D eigenvalue weighted by molar-refractivity contribution is 0.252. The fourth-order valence-electron chi connectivity index (χ4n) is 1.90. The van der Waals surface area contributed by atoms with Crippen LogP contribution in [0.3, 0.4) is 0 Å². The second-order valence-electron chi connectivity index (χ2n) is 4.85. The lowest BCUT2D eigenvalue weighted by Crippen LogP contribution is -2.27. The molecule has 0 amide bonds. The Labute approximate surface area is 122 Å². The van der Waals surface area contributed by atoms with E-state index in [1.165, 1.54) is 12.1 Å². The highest BCUT2D eigenvalue weighted by atomic mass is 79.9. The minimum Gasteiger partial charge on any atom is -0.309 e. The van der Waals surface area contributed by atoms with Crippen LogP contribution >= 0.6 is 15.9 Å². The SMILES string of the molecule is CCN(CCCN(C)C)Cc1c(F)ccc(Br)c1F. The number of benzene rings is 1. The molecule has 0 unspecified atom stereocenters. The number of hydrogen-bond acceptors (Lipinski definition) is 2. The van der Waals surface area contributed by atoms with Crippen LogP contribution in [0.5, 0.6) is 0 Å². The molecular formula is C14H21BrF2N2. The van der Waals surface area contributed by atoms with E-state index in [-0.39, 0.29) is 5.56 Å². The smallest absolute Gasteiger partial charge is 0.144 e. The maximum Gasteiger partial charge on any atom is 0.144 e. The Morgan fingerprint density at radius 1 is 1.16 bits per heavy atom. The minimum absolute atomic E-state index is 0.140. The first kappa shape index (κ1) is 16.5. The van der Waals surface area contributed by atoms with E-state index in [9.17, 15) is 8.78 Å². The standard InChI is InChI=1S/C14H21BrF2N2/c1-4-19(9-5-8-18(2)3)10-11-13(16)7-6-12(15)14(11)17/h6-7H,4-5,8-10H2,1-3H3. The zero-order chi connectivity index (χ0) is 14.4. The van der Waals surface area contributed by atoms with Crippen LogP contribution in [0.2, 0.25) is 0 Å². The summed E-state index contributed by atoms with van der Waals surface area (Å²) in [4.78, 5) is 4.16. The van der Waals surface area contributed by atoms with E-state index < -0.39 is 11.6 Å². The Morgan fingerprint density at radius 2 is 1.84 bits per heavy atom. The highest BCUT2D eigenvalue weighted by molar-refractivity contribution is 9.10. The average Bonchev–Trinajstić information content (AvgIpc) is 2.36. The normalized spacial score (nSPS) is 11.6. The molecule has 0 aromatic heterocycles. The number of nitrogens with zero attached hydrogens (tertiary/aromatic N) is 2. The van der Waals surface area contributed by atoms with Crippen molar-refractivity contribution in [2.24, 2.45) is 0 Å². The molecule has 0 fully saturated rings. The zero-order valence-electron chi connectivity index (χ0n) is 11.7. The van der Waals surface area contributed by atoms with E-state index in [0.29, 0.717) is 11.0 Å². The van der Waals surface area contributed by atoms with E-state index >= 15 is 0 Å². The third kappa shape index (κ3) is 5.16. The fraction of sp³-hybridized carbons (Fsp3) is 0.571. The van der Waals surface area contributed by atoms with Gasteiger partial charge in [-0.15, -0.1) is 0 Å². The summed E-state index contributed by atoms with van der Waals surface area (Å²) >= 11 is 3.10. The van der Waals surface area contributed by atoms with Gasteiger partial charge in [-0.05, 0) is 68.2 Å². The molecule has 0 aliphatic heterocycles. The molecule has 108 valence electrons. The monoisotopic (exact) mass is 334 g/mol. The Kier molecular flexibility index (Phi) is 6.89. The van der Waals surface area contributed by atoms with Gasteiger partial charge in [0.1, 0.15) is 11.6 Å². The van der Waals surface area contributed by atoms with Gasteiger partial charge < -0.3 is 4.90 Å². The van der Waals surface area contributed by atoms with Crippen molar-refractivity contribution < 1.29 is 8.78 Å². The van der Waals surface area contributed by atoms with Gasteiger partial charge >= 0.3 is 0 Å². The molecule has 1 aromatic rings. The molecule has 0 N–H and O–H groups in total. The largest absolute Gasteiger partial charge is 0.309 e. The van der Waals surface area contributed by atoms with Crippen LogP contribution in [0.1, 0.15) is 18.9 Å². The zero-order valence-corrected chi connectivity index (χ0v) is 13.3. The maximum atomic E-state index is 13.9. The van der Waals surface area contributed by atoms with Crippen molar-refractivity contribution in [3.05, 3.63) is 33.8 Å². The molecule has 0 atom stereocenters. The summed E-state index contributed by atoms with van der Waals surface area (Å²) in [5, 5.41) is 0. The van der Waals surface area contributed by atoms with Crippen LogP contribution in [0.4, 0.5) is 8.78 Å². The van der Waals surface area contributed by atoms with Gasteiger partial charge in [-0.25, -0.2) is 8.78 Å². The van der Waals surface area contributed by atoms with Crippen LogP contribution in [0.15, 0.2) is 16.6 Å². The molecule has 0 radical (unpaired) electrons.